The number of amides is 3. The monoisotopic (exact) mass is 445 g/mol. The van der Waals surface area contributed by atoms with Crippen LogP contribution in [0.5, 0.6) is 5.75 Å². The van der Waals surface area contributed by atoms with E-state index in [2.05, 4.69) is 5.32 Å². The molecule has 1 heterocycles. The zero-order chi connectivity index (χ0) is 23.6. The molecule has 0 aromatic heterocycles. The SMILES string of the molecule is COc1ccc(C(=O)N2[C@H](C)CN(C(=O)c3ccc(NC(C)=O)cc3F)C[C@H]2C)c(F)c1. The fraction of sp³-hybridized carbons (Fsp3) is 0.348. The summed E-state index contributed by atoms with van der Waals surface area (Å²) >= 11 is 0. The first-order valence-electron chi connectivity index (χ1n) is 10.1. The van der Waals surface area contributed by atoms with Crippen LogP contribution in [0.2, 0.25) is 0 Å². The molecular weight excluding hydrogens is 420 g/mol. The van der Waals surface area contributed by atoms with Gasteiger partial charge in [-0.1, -0.05) is 0 Å². The molecular formula is C23H25F2N3O4. The Morgan fingerprint density at radius 2 is 1.50 bits per heavy atom. The summed E-state index contributed by atoms with van der Waals surface area (Å²) in [5, 5.41) is 2.46. The number of piperazine rings is 1. The number of hydrogen-bond acceptors (Lipinski definition) is 4. The van der Waals surface area contributed by atoms with Gasteiger partial charge in [-0.25, -0.2) is 8.78 Å². The van der Waals surface area contributed by atoms with Crippen molar-refractivity contribution in [1.82, 2.24) is 9.80 Å². The lowest BCUT2D eigenvalue weighted by molar-refractivity contribution is -0.114. The Balaban J connectivity index is 1.76. The molecule has 0 unspecified atom stereocenters. The molecule has 0 spiro atoms. The van der Waals surface area contributed by atoms with Gasteiger partial charge in [-0.15, -0.1) is 0 Å². The van der Waals surface area contributed by atoms with Gasteiger partial charge in [0, 0.05) is 43.9 Å². The Morgan fingerprint density at radius 1 is 0.938 bits per heavy atom. The smallest absolute Gasteiger partial charge is 0.257 e. The maximum Gasteiger partial charge on any atom is 0.257 e. The minimum Gasteiger partial charge on any atom is -0.497 e. The van der Waals surface area contributed by atoms with Gasteiger partial charge < -0.3 is 19.9 Å². The van der Waals surface area contributed by atoms with Crippen molar-refractivity contribution in [2.75, 3.05) is 25.5 Å². The highest BCUT2D eigenvalue weighted by molar-refractivity contribution is 5.97. The first-order valence-corrected chi connectivity index (χ1v) is 10.1. The van der Waals surface area contributed by atoms with E-state index in [0.29, 0.717) is 5.75 Å². The molecule has 9 heteroatoms. The highest BCUT2D eigenvalue weighted by atomic mass is 19.1. The van der Waals surface area contributed by atoms with Gasteiger partial charge in [-0.2, -0.15) is 0 Å². The first-order chi connectivity index (χ1) is 15.1. The maximum absolute atomic E-state index is 14.5. The number of nitrogens with one attached hydrogen (secondary N) is 1. The van der Waals surface area contributed by atoms with Crippen LogP contribution in [0.3, 0.4) is 0 Å². The quantitative estimate of drug-likeness (QED) is 0.783. The van der Waals surface area contributed by atoms with Gasteiger partial charge in [0.25, 0.3) is 11.8 Å². The highest BCUT2D eigenvalue weighted by Gasteiger charge is 2.36. The topological polar surface area (TPSA) is 79.0 Å². The summed E-state index contributed by atoms with van der Waals surface area (Å²) in [4.78, 5) is 40.1. The number of anilines is 1. The van der Waals surface area contributed by atoms with Crippen LogP contribution in [0, 0.1) is 11.6 Å². The van der Waals surface area contributed by atoms with Crippen molar-refractivity contribution in [1.29, 1.82) is 0 Å². The molecule has 2 atom stereocenters. The third kappa shape index (κ3) is 4.71. The van der Waals surface area contributed by atoms with E-state index in [-0.39, 0.29) is 35.8 Å². The molecule has 0 radical (unpaired) electrons. The Bertz CT molecular complexity index is 1050. The largest absolute Gasteiger partial charge is 0.497 e. The molecule has 1 aliphatic heterocycles. The molecule has 1 saturated heterocycles. The summed E-state index contributed by atoms with van der Waals surface area (Å²) < 4.78 is 33.9. The van der Waals surface area contributed by atoms with Crippen molar-refractivity contribution in [3.8, 4) is 5.75 Å². The average molecular weight is 445 g/mol. The molecule has 3 amide bonds. The van der Waals surface area contributed by atoms with Crippen LogP contribution in [0.1, 0.15) is 41.5 Å². The summed E-state index contributed by atoms with van der Waals surface area (Å²) in [6, 6.07) is 7.07. The fourth-order valence-corrected chi connectivity index (χ4v) is 3.96. The molecule has 0 saturated carbocycles. The lowest BCUT2D eigenvalue weighted by Gasteiger charge is -2.44. The summed E-state index contributed by atoms with van der Waals surface area (Å²) in [6.45, 7) is 5.15. The predicted molar refractivity (Wildman–Crippen MR) is 115 cm³/mol. The molecule has 170 valence electrons. The van der Waals surface area contributed by atoms with Gasteiger partial charge in [-0.05, 0) is 44.2 Å². The Hall–Kier alpha value is -3.49. The third-order valence-electron chi connectivity index (χ3n) is 5.37. The fourth-order valence-electron chi connectivity index (χ4n) is 3.96. The number of hydrogen-bond donors (Lipinski definition) is 1. The Kier molecular flexibility index (Phi) is 6.76. The third-order valence-corrected chi connectivity index (χ3v) is 5.37. The van der Waals surface area contributed by atoms with Crippen molar-refractivity contribution in [2.45, 2.75) is 32.9 Å². The predicted octanol–water partition coefficient (Wildman–Crippen LogP) is 3.31. The van der Waals surface area contributed by atoms with E-state index in [9.17, 15) is 23.2 Å². The van der Waals surface area contributed by atoms with Crippen LogP contribution in [-0.2, 0) is 4.79 Å². The number of carbonyl (C=O) groups excluding carboxylic acids is 3. The molecule has 2 aromatic carbocycles. The summed E-state index contributed by atoms with van der Waals surface area (Å²) in [5.74, 6) is -2.47. The molecule has 0 bridgehead atoms. The maximum atomic E-state index is 14.5. The molecule has 0 aliphatic carbocycles. The number of ether oxygens (including phenoxy) is 1. The lowest BCUT2D eigenvalue weighted by Crippen LogP contribution is -2.60. The van der Waals surface area contributed by atoms with Gasteiger partial charge in [0.1, 0.15) is 17.4 Å². The zero-order valence-corrected chi connectivity index (χ0v) is 18.3. The minimum absolute atomic E-state index is 0.0797. The summed E-state index contributed by atoms with van der Waals surface area (Å²) in [6.07, 6.45) is 0. The van der Waals surface area contributed by atoms with Gasteiger partial charge in [0.15, 0.2) is 0 Å². The van der Waals surface area contributed by atoms with Crippen molar-refractivity contribution < 1.29 is 27.9 Å². The number of halogens is 2. The van der Waals surface area contributed by atoms with E-state index in [1.807, 2.05) is 0 Å². The molecule has 1 N–H and O–H groups in total. The molecule has 1 aliphatic rings. The zero-order valence-electron chi connectivity index (χ0n) is 18.3. The van der Waals surface area contributed by atoms with Gasteiger partial charge in [-0.3, -0.25) is 14.4 Å². The van der Waals surface area contributed by atoms with Gasteiger partial charge >= 0.3 is 0 Å². The van der Waals surface area contributed by atoms with Crippen LogP contribution < -0.4 is 10.1 Å². The molecule has 32 heavy (non-hydrogen) atoms. The van der Waals surface area contributed by atoms with E-state index >= 15 is 0 Å². The standard InChI is InChI=1S/C23H25F2N3O4/c1-13-11-27(22(30)18-7-5-16(9-20(18)24)26-15(3)29)12-14(2)28(13)23(31)19-8-6-17(32-4)10-21(19)25/h5-10,13-14H,11-12H2,1-4H3,(H,26,29)/t13-,14-/m1/s1. The second kappa shape index (κ2) is 9.33. The Morgan fingerprint density at radius 3 is 2.03 bits per heavy atom. The number of nitrogens with zero attached hydrogens (tertiary/aromatic N) is 2. The van der Waals surface area contributed by atoms with E-state index in [0.717, 1.165) is 12.1 Å². The lowest BCUT2D eigenvalue weighted by atomic mass is 10.0. The molecule has 3 rings (SSSR count). The van der Waals surface area contributed by atoms with Crippen LogP contribution >= 0.6 is 0 Å². The second-order valence-electron chi connectivity index (χ2n) is 7.84. The molecule has 7 nitrogen and oxygen atoms in total. The molecule has 2 aromatic rings. The van der Waals surface area contributed by atoms with Crippen molar-refractivity contribution in [3.63, 3.8) is 0 Å². The van der Waals surface area contributed by atoms with Gasteiger partial charge in [0.2, 0.25) is 5.91 Å². The first kappa shape index (κ1) is 23.2. The van der Waals surface area contributed by atoms with E-state index in [4.69, 9.17) is 4.74 Å². The van der Waals surface area contributed by atoms with Crippen LogP contribution in [0.15, 0.2) is 36.4 Å². The normalized spacial score (nSPS) is 18.3. The number of rotatable bonds is 4. The van der Waals surface area contributed by atoms with Crippen molar-refractivity contribution in [3.05, 3.63) is 59.2 Å². The van der Waals surface area contributed by atoms with E-state index < -0.39 is 35.5 Å². The second-order valence-corrected chi connectivity index (χ2v) is 7.84. The number of methoxy groups -OCH3 is 1. The van der Waals surface area contributed by atoms with Crippen LogP contribution in [0.25, 0.3) is 0 Å². The van der Waals surface area contributed by atoms with E-state index in [1.54, 1.807) is 13.8 Å². The highest BCUT2D eigenvalue weighted by Crippen LogP contribution is 2.25. The van der Waals surface area contributed by atoms with Crippen LogP contribution in [-0.4, -0.2) is 59.8 Å². The number of benzene rings is 2. The summed E-state index contributed by atoms with van der Waals surface area (Å²) in [7, 11) is 1.41. The van der Waals surface area contributed by atoms with Crippen LogP contribution in [0.4, 0.5) is 14.5 Å². The average Bonchev–Trinajstić information content (AvgIpc) is 2.72. The Labute approximate surface area is 184 Å². The van der Waals surface area contributed by atoms with E-state index in [1.165, 1.54) is 48.1 Å². The summed E-state index contributed by atoms with van der Waals surface area (Å²) in [5.41, 5.74) is 0.0496. The molecule has 1 fully saturated rings. The van der Waals surface area contributed by atoms with Gasteiger partial charge in [0.05, 0.1) is 18.2 Å². The van der Waals surface area contributed by atoms with Crippen molar-refractivity contribution >= 4 is 23.4 Å². The number of carbonyl (C=O) groups is 3. The minimum atomic E-state index is -0.750. The van der Waals surface area contributed by atoms with Crippen molar-refractivity contribution in [2.24, 2.45) is 0 Å².